The van der Waals surface area contributed by atoms with Crippen LogP contribution in [0.5, 0.6) is 0 Å². The van der Waals surface area contributed by atoms with Crippen LogP contribution in [0.2, 0.25) is 0 Å². The quantitative estimate of drug-likeness (QED) is 0.883. The van der Waals surface area contributed by atoms with Gasteiger partial charge in [0.2, 0.25) is 5.56 Å². The van der Waals surface area contributed by atoms with Crippen molar-refractivity contribution in [1.82, 2.24) is 19.9 Å². The summed E-state index contributed by atoms with van der Waals surface area (Å²) in [5.41, 5.74) is -0.394. The third kappa shape index (κ3) is 3.92. The molecule has 0 radical (unpaired) electrons. The van der Waals surface area contributed by atoms with E-state index >= 15 is 0 Å². The van der Waals surface area contributed by atoms with Crippen molar-refractivity contribution in [2.75, 3.05) is 6.54 Å². The Hall–Kier alpha value is -2.58. The predicted octanol–water partition coefficient (Wildman–Crippen LogP) is 1.89. The number of nitrogens with one attached hydrogen (secondary N) is 2. The second kappa shape index (κ2) is 6.38. The molecule has 6 nitrogen and oxygen atoms in total. The van der Waals surface area contributed by atoms with Gasteiger partial charge in [-0.1, -0.05) is 0 Å². The van der Waals surface area contributed by atoms with Gasteiger partial charge in [0.1, 0.15) is 5.82 Å². The van der Waals surface area contributed by atoms with Crippen molar-refractivity contribution in [3.63, 3.8) is 0 Å². The van der Waals surface area contributed by atoms with Crippen molar-refractivity contribution in [3.05, 3.63) is 51.5 Å². The number of halogens is 3. The van der Waals surface area contributed by atoms with Gasteiger partial charge < -0.3 is 14.9 Å². The maximum atomic E-state index is 12.7. The molecule has 1 aliphatic rings. The topological polar surface area (TPSA) is 79.8 Å². The SMILES string of the molecule is Cc1cc(C(=O)NCC2CCc3nc(C(F)(F)F)cn3C2)cc(=O)[nH]1. The molecule has 1 unspecified atom stereocenters. The van der Waals surface area contributed by atoms with Crippen molar-refractivity contribution in [1.29, 1.82) is 0 Å². The van der Waals surface area contributed by atoms with Gasteiger partial charge in [0.25, 0.3) is 5.91 Å². The molecule has 2 aromatic rings. The van der Waals surface area contributed by atoms with Crippen LogP contribution in [-0.2, 0) is 19.1 Å². The van der Waals surface area contributed by atoms with Gasteiger partial charge in [0, 0.05) is 43.0 Å². The number of nitrogens with zero attached hydrogens (tertiary/aromatic N) is 2. The summed E-state index contributed by atoms with van der Waals surface area (Å²) < 4.78 is 39.7. The molecule has 0 aromatic carbocycles. The highest BCUT2D eigenvalue weighted by Gasteiger charge is 2.35. The molecular formula is C16H17F3N4O2. The van der Waals surface area contributed by atoms with E-state index in [2.05, 4.69) is 15.3 Å². The zero-order valence-corrected chi connectivity index (χ0v) is 13.5. The lowest BCUT2D eigenvalue weighted by Crippen LogP contribution is -2.34. The Morgan fingerprint density at radius 3 is 2.88 bits per heavy atom. The Bertz CT molecular complexity index is 854. The first kappa shape index (κ1) is 17.2. The fraction of sp³-hybridized carbons (Fsp3) is 0.438. The molecule has 0 saturated heterocycles. The average molecular weight is 354 g/mol. The molecule has 0 spiro atoms. The lowest BCUT2D eigenvalue weighted by Gasteiger charge is -2.23. The minimum absolute atomic E-state index is 0.00910. The van der Waals surface area contributed by atoms with Gasteiger partial charge in [-0.05, 0) is 25.3 Å². The molecule has 3 rings (SSSR count). The number of hydrogen-bond donors (Lipinski definition) is 2. The second-order valence-electron chi connectivity index (χ2n) is 6.22. The van der Waals surface area contributed by atoms with Crippen LogP contribution in [0.3, 0.4) is 0 Å². The number of aryl methyl sites for hydroxylation is 2. The van der Waals surface area contributed by atoms with E-state index in [1.807, 2.05) is 0 Å². The van der Waals surface area contributed by atoms with Gasteiger partial charge in [-0.25, -0.2) is 4.98 Å². The van der Waals surface area contributed by atoms with Crippen LogP contribution in [0.15, 0.2) is 23.1 Å². The van der Waals surface area contributed by atoms with Gasteiger partial charge in [-0.3, -0.25) is 9.59 Å². The van der Waals surface area contributed by atoms with Crippen LogP contribution in [-0.4, -0.2) is 27.0 Å². The Balaban J connectivity index is 1.62. The van der Waals surface area contributed by atoms with Crippen molar-refractivity contribution < 1.29 is 18.0 Å². The zero-order valence-electron chi connectivity index (χ0n) is 13.5. The number of carbonyl (C=O) groups excluding carboxylic acids is 1. The standard InChI is InChI=1S/C16H17F3N4O2/c1-9-4-11(5-14(24)21-9)15(25)20-6-10-2-3-13-22-12(16(17,18)19)8-23(13)7-10/h4-5,8,10H,2-3,6-7H2,1H3,(H,20,25)(H,21,24). The van der Waals surface area contributed by atoms with Crippen molar-refractivity contribution in [3.8, 4) is 0 Å². The van der Waals surface area contributed by atoms with E-state index in [-0.39, 0.29) is 22.9 Å². The Kier molecular flexibility index (Phi) is 4.40. The molecule has 134 valence electrons. The van der Waals surface area contributed by atoms with Crippen LogP contribution in [0.1, 0.15) is 34.0 Å². The number of fused-ring (bicyclic) bond motifs is 1. The number of H-pyrrole nitrogens is 1. The number of amides is 1. The summed E-state index contributed by atoms with van der Waals surface area (Å²) in [6.07, 6.45) is -2.36. The largest absolute Gasteiger partial charge is 0.434 e. The van der Waals surface area contributed by atoms with E-state index < -0.39 is 11.9 Å². The number of carbonyl (C=O) groups is 1. The van der Waals surface area contributed by atoms with Crippen molar-refractivity contribution >= 4 is 5.91 Å². The molecule has 2 aromatic heterocycles. The number of hydrogen-bond acceptors (Lipinski definition) is 3. The smallest absolute Gasteiger partial charge is 0.352 e. The van der Waals surface area contributed by atoms with Crippen LogP contribution in [0, 0.1) is 12.8 Å². The summed E-state index contributed by atoms with van der Waals surface area (Å²) >= 11 is 0. The first-order chi connectivity index (χ1) is 11.7. The number of aromatic amines is 1. The molecule has 1 atom stereocenters. The molecule has 0 fully saturated rings. The summed E-state index contributed by atoms with van der Waals surface area (Å²) in [6.45, 7) is 2.37. The van der Waals surface area contributed by atoms with Crippen molar-refractivity contribution in [2.24, 2.45) is 5.92 Å². The molecule has 0 aliphatic carbocycles. The van der Waals surface area contributed by atoms with Crippen LogP contribution >= 0.6 is 0 Å². The lowest BCUT2D eigenvalue weighted by molar-refractivity contribution is -0.141. The van der Waals surface area contributed by atoms with E-state index in [4.69, 9.17) is 0 Å². The average Bonchev–Trinajstić information content (AvgIpc) is 2.95. The summed E-state index contributed by atoms with van der Waals surface area (Å²) in [7, 11) is 0. The van der Waals surface area contributed by atoms with E-state index in [0.717, 1.165) is 6.20 Å². The van der Waals surface area contributed by atoms with Gasteiger partial charge in [0.05, 0.1) is 0 Å². The minimum Gasteiger partial charge on any atom is -0.352 e. The van der Waals surface area contributed by atoms with E-state index in [0.29, 0.717) is 37.4 Å². The Labute approximate surface area is 141 Å². The summed E-state index contributed by atoms with van der Waals surface area (Å²) in [6, 6.07) is 2.79. The van der Waals surface area contributed by atoms with Crippen LogP contribution in [0.4, 0.5) is 13.2 Å². The third-order valence-corrected chi connectivity index (χ3v) is 4.17. The molecule has 3 heterocycles. The molecule has 2 N–H and O–H groups in total. The van der Waals surface area contributed by atoms with Crippen LogP contribution in [0.25, 0.3) is 0 Å². The molecular weight excluding hydrogens is 337 g/mol. The summed E-state index contributed by atoms with van der Waals surface area (Å²) in [5, 5.41) is 2.74. The number of rotatable bonds is 3. The van der Waals surface area contributed by atoms with Crippen LogP contribution < -0.4 is 10.9 Å². The highest BCUT2D eigenvalue weighted by atomic mass is 19.4. The monoisotopic (exact) mass is 354 g/mol. The number of aromatic nitrogens is 3. The molecule has 25 heavy (non-hydrogen) atoms. The first-order valence-electron chi connectivity index (χ1n) is 7.85. The second-order valence-corrected chi connectivity index (χ2v) is 6.22. The first-order valence-corrected chi connectivity index (χ1v) is 7.85. The van der Waals surface area contributed by atoms with Gasteiger partial charge in [0.15, 0.2) is 5.69 Å². The molecule has 9 heteroatoms. The predicted molar refractivity (Wildman–Crippen MR) is 83.2 cm³/mol. The fourth-order valence-corrected chi connectivity index (χ4v) is 2.97. The fourth-order valence-electron chi connectivity index (χ4n) is 2.97. The minimum atomic E-state index is -4.45. The van der Waals surface area contributed by atoms with Gasteiger partial charge >= 0.3 is 6.18 Å². The third-order valence-electron chi connectivity index (χ3n) is 4.17. The summed E-state index contributed by atoms with van der Waals surface area (Å²) in [4.78, 5) is 29.7. The van der Waals surface area contributed by atoms with E-state index in [9.17, 15) is 22.8 Å². The molecule has 0 saturated carbocycles. The lowest BCUT2D eigenvalue weighted by atomic mass is 9.99. The number of alkyl halides is 3. The zero-order chi connectivity index (χ0) is 18.2. The number of imidazole rings is 1. The molecule has 1 amide bonds. The highest BCUT2D eigenvalue weighted by Crippen LogP contribution is 2.30. The normalized spacial score (nSPS) is 17.2. The Morgan fingerprint density at radius 2 is 2.20 bits per heavy atom. The summed E-state index contributed by atoms with van der Waals surface area (Å²) in [5.74, 6) is 0.0524. The van der Waals surface area contributed by atoms with E-state index in [1.165, 1.54) is 10.6 Å². The van der Waals surface area contributed by atoms with E-state index in [1.54, 1.807) is 13.0 Å². The maximum Gasteiger partial charge on any atom is 0.434 e. The Morgan fingerprint density at radius 1 is 1.44 bits per heavy atom. The maximum absolute atomic E-state index is 12.7. The van der Waals surface area contributed by atoms with Gasteiger partial charge in [-0.15, -0.1) is 0 Å². The van der Waals surface area contributed by atoms with Gasteiger partial charge in [-0.2, -0.15) is 13.2 Å². The van der Waals surface area contributed by atoms with Crippen molar-refractivity contribution in [2.45, 2.75) is 32.5 Å². The number of pyridine rings is 1. The molecule has 1 aliphatic heterocycles. The molecule has 0 bridgehead atoms. The highest BCUT2D eigenvalue weighted by molar-refractivity contribution is 5.94.